The predicted octanol–water partition coefficient (Wildman–Crippen LogP) is 1.06. The molecule has 0 rings (SSSR count). The Morgan fingerprint density at radius 2 is 1.86 bits per heavy atom. The van der Waals surface area contributed by atoms with Gasteiger partial charge in [0, 0.05) is 0 Å². The molecule has 7 heavy (non-hydrogen) atoms. The normalized spacial score (nSPS) is 10.7. The average Bonchev–Trinajstić information content (AvgIpc) is 1.30. The van der Waals surface area contributed by atoms with Crippen LogP contribution in [0.25, 0.3) is 0 Å². The second-order valence-electron chi connectivity index (χ2n) is 0.760. The number of carbonyl (C=O) groups is 1. The summed E-state index contributed by atoms with van der Waals surface area (Å²) < 4.78 is -1.65. The Labute approximate surface area is 55.7 Å². The zero-order valence-electron chi connectivity index (χ0n) is 3.12. The highest BCUT2D eigenvalue weighted by Crippen LogP contribution is 2.20. The Balaban J connectivity index is 3.34. The Morgan fingerprint density at radius 3 is 1.86 bits per heavy atom. The summed E-state index contributed by atoms with van der Waals surface area (Å²) in [5.41, 5.74) is 0. The van der Waals surface area contributed by atoms with Crippen LogP contribution in [0.15, 0.2) is 0 Å². The van der Waals surface area contributed by atoms with Gasteiger partial charge in [-0.2, -0.15) is 0 Å². The quantitative estimate of drug-likeness (QED) is 0.349. The van der Waals surface area contributed by atoms with Crippen LogP contribution in [0.3, 0.4) is 0 Å². The van der Waals surface area contributed by atoms with Crippen molar-refractivity contribution in [3.8, 4) is 0 Å². The van der Waals surface area contributed by atoms with Crippen LogP contribution in [0.5, 0.6) is 0 Å². The Bertz CT molecular complexity index is 67.8. The van der Waals surface area contributed by atoms with Gasteiger partial charge in [-0.1, -0.05) is 34.8 Å². The summed E-state index contributed by atoms with van der Waals surface area (Å²) in [6.07, 6.45) is 0.312. The van der Waals surface area contributed by atoms with Gasteiger partial charge in [-0.05, 0) is 0 Å². The third-order valence-corrected chi connectivity index (χ3v) is 0.550. The monoisotopic (exact) mass is 161 g/mol. The minimum atomic E-state index is -1.65. The van der Waals surface area contributed by atoms with Gasteiger partial charge in [-0.15, -0.1) is 0 Å². The lowest BCUT2D eigenvalue weighted by molar-refractivity contribution is -0.109. The molecule has 2 nitrogen and oxygen atoms in total. The molecule has 0 aromatic rings. The van der Waals surface area contributed by atoms with Crippen molar-refractivity contribution in [3.05, 3.63) is 0 Å². The third kappa shape index (κ3) is 6.34. The lowest BCUT2D eigenvalue weighted by Crippen LogP contribution is -2.25. The van der Waals surface area contributed by atoms with Crippen molar-refractivity contribution in [1.82, 2.24) is 5.32 Å². The molecule has 0 aliphatic heterocycles. The van der Waals surface area contributed by atoms with Crippen LogP contribution in [0.1, 0.15) is 0 Å². The summed E-state index contributed by atoms with van der Waals surface area (Å²) in [6.45, 7) is 0. The lowest BCUT2D eigenvalue weighted by atomic mass is 11.2. The van der Waals surface area contributed by atoms with E-state index in [2.05, 4.69) is 0 Å². The molecule has 0 heterocycles. The second kappa shape index (κ2) is 2.60. The SMILES string of the molecule is O=CNC(Cl)(Cl)Cl. The Kier molecular flexibility index (Phi) is 2.73. The van der Waals surface area contributed by atoms with Crippen molar-refractivity contribution in [2.75, 3.05) is 0 Å². The maximum absolute atomic E-state index is 9.46. The molecule has 0 saturated carbocycles. The van der Waals surface area contributed by atoms with Crippen LogP contribution in [-0.2, 0) is 4.79 Å². The Morgan fingerprint density at radius 1 is 1.43 bits per heavy atom. The molecule has 0 aliphatic carbocycles. The number of alkyl halides is 3. The first-order valence-electron chi connectivity index (χ1n) is 1.34. The summed E-state index contributed by atoms with van der Waals surface area (Å²) in [7, 11) is 0. The van der Waals surface area contributed by atoms with Gasteiger partial charge in [0.15, 0.2) is 0 Å². The van der Waals surface area contributed by atoms with Crippen molar-refractivity contribution < 1.29 is 4.79 Å². The third-order valence-electron chi connectivity index (χ3n) is 0.223. The minimum absolute atomic E-state index is 0.312. The fraction of sp³-hybridized carbons (Fsp3) is 0.500. The zero-order valence-corrected chi connectivity index (χ0v) is 5.39. The summed E-state index contributed by atoms with van der Waals surface area (Å²) in [6, 6.07) is 0. The highest BCUT2D eigenvalue weighted by Gasteiger charge is 2.15. The largest absolute Gasteiger partial charge is 0.315 e. The number of hydrogen-bond acceptors (Lipinski definition) is 1. The Hall–Kier alpha value is 0.340. The van der Waals surface area contributed by atoms with E-state index in [-0.39, 0.29) is 0 Å². The van der Waals surface area contributed by atoms with Crippen LogP contribution in [0.2, 0.25) is 0 Å². The van der Waals surface area contributed by atoms with Gasteiger partial charge in [0.2, 0.25) is 6.41 Å². The highest BCUT2D eigenvalue weighted by atomic mass is 35.6. The van der Waals surface area contributed by atoms with Crippen LogP contribution in [0.4, 0.5) is 0 Å². The second-order valence-corrected chi connectivity index (χ2v) is 3.04. The van der Waals surface area contributed by atoms with Crippen molar-refractivity contribution in [1.29, 1.82) is 0 Å². The number of rotatable bonds is 1. The van der Waals surface area contributed by atoms with Gasteiger partial charge in [0.05, 0.1) is 0 Å². The standard InChI is InChI=1S/C2H2Cl3NO/c3-2(4,5)6-1-7/h1H,(H,6,7). The minimum Gasteiger partial charge on any atom is -0.315 e. The fourth-order valence-electron chi connectivity index (χ4n) is 0.0668. The predicted molar refractivity (Wildman–Crippen MR) is 29.5 cm³/mol. The van der Waals surface area contributed by atoms with Crippen LogP contribution in [-0.4, -0.2) is 10.3 Å². The zero-order chi connectivity index (χ0) is 5.91. The van der Waals surface area contributed by atoms with Crippen LogP contribution < -0.4 is 5.32 Å². The number of carbonyl (C=O) groups excluding carboxylic acids is 1. The molecular formula is C2H2Cl3NO. The number of nitrogens with one attached hydrogen (secondary N) is 1. The van der Waals surface area contributed by atoms with E-state index in [1.165, 1.54) is 0 Å². The van der Waals surface area contributed by atoms with E-state index < -0.39 is 3.92 Å². The van der Waals surface area contributed by atoms with E-state index in [4.69, 9.17) is 34.8 Å². The van der Waals surface area contributed by atoms with Gasteiger partial charge in [-0.25, -0.2) is 0 Å². The molecule has 0 aromatic carbocycles. The first-order valence-corrected chi connectivity index (χ1v) is 2.48. The van der Waals surface area contributed by atoms with Crippen LogP contribution >= 0.6 is 34.8 Å². The van der Waals surface area contributed by atoms with E-state index in [1.54, 1.807) is 0 Å². The molecule has 42 valence electrons. The molecule has 0 atom stereocenters. The van der Waals surface area contributed by atoms with Gasteiger partial charge in [0.1, 0.15) is 0 Å². The molecule has 0 unspecified atom stereocenters. The molecule has 1 amide bonds. The molecule has 0 saturated heterocycles. The summed E-state index contributed by atoms with van der Waals surface area (Å²) in [5, 5.41) is 1.90. The maximum Gasteiger partial charge on any atom is 0.267 e. The van der Waals surface area contributed by atoms with Crippen molar-refractivity contribution >= 4 is 41.2 Å². The van der Waals surface area contributed by atoms with Gasteiger partial charge in [-0.3, -0.25) is 4.79 Å². The molecular weight excluding hydrogens is 160 g/mol. The average molecular weight is 162 g/mol. The van der Waals surface area contributed by atoms with E-state index in [0.29, 0.717) is 6.41 Å². The first-order chi connectivity index (χ1) is 3.06. The molecule has 0 radical (unpaired) electrons. The molecule has 5 heteroatoms. The van der Waals surface area contributed by atoms with Crippen molar-refractivity contribution in [3.63, 3.8) is 0 Å². The summed E-state index contributed by atoms with van der Waals surface area (Å²) in [4.78, 5) is 9.46. The smallest absolute Gasteiger partial charge is 0.267 e. The number of hydrogen-bond donors (Lipinski definition) is 1. The number of amides is 1. The summed E-state index contributed by atoms with van der Waals surface area (Å²) >= 11 is 15.1. The van der Waals surface area contributed by atoms with Gasteiger partial charge >= 0.3 is 0 Å². The molecule has 0 fully saturated rings. The van der Waals surface area contributed by atoms with E-state index >= 15 is 0 Å². The van der Waals surface area contributed by atoms with E-state index in [9.17, 15) is 4.79 Å². The van der Waals surface area contributed by atoms with Gasteiger partial charge < -0.3 is 5.32 Å². The molecule has 0 aromatic heterocycles. The molecule has 1 N–H and O–H groups in total. The molecule has 0 aliphatic rings. The fourth-order valence-corrected chi connectivity index (χ4v) is 0.200. The molecule has 0 spiro atoms. The maximum atomic E-state index is 9.46. The lowest BCUT2D eigenvalue weighted by Gasteiger charge is -2.05. The summed E-state index contributed by atoms with van der Waals surface area (Å²) in [5.74, 6) is 0. The highest BCUT2D eigenvalue weighted by molar-refractivity contribution is 6.67. The van der Waals surface area contributed by atoms with Crippen LogP contribution in [0, 0.1) is 0 Å². The van der Waals surface area contributed by atoms with Crippen molar-refractivity contribution in [2.24, 2.45) is 0 Å². The van der Waals surface area contributed by atoms with Crippen molar-refractivity contribution in [2.45, 2.75) is 3.92 Å². The van der Waals surface area contributed by atoms with E-state index in [0.717, 1.165) is 0 Å². The first kappa shape index (κ1) is 7.34. The van der Waals surface area contributed by atoms with E-state index in [1.807, 2.05) is 5.32 Å². The van der Waals surface area contributed by atoms with Gasteiger partial charge in [0.25, 0.3) is 3.92 Å². The number of halogens is 3. The topological polar surface area (TPSA) is 29.1 Å². The molecule has 0 bridgehead atoms.